The van der Waals surface area contributed by atoms with E-state index in [-0.39, 0.29) is 17.9 Å². The number of hydrogen-bond donors (Lipinski definition) is 1. The summed E-state index contributed by atoms with van der Waals surface area (Å²) in [7, 11) is 0. The van der Waals surface area contributed by atoms with Gasteiger partial charge in [0, 0.05) is 49.2 Å². The van der Waals surface area contributed by atoms with Crippen LogP contribution in [-0.4, -0.2) is 40.0 Å². The number of anilines is 1. The van der Waals surface area contributed by atoms with Gasteiger partial charge in [0.05, 0.1) is 5.69 Å². The lowest BCUT2D eigenvalue weighted by Crippen LogP contribution is -2.45. The third kappa shape index (κ3) is 4.01. The van der Waals surface area contributed by atoms with Gasteiger partial charge in [0.15, 0.2) is 0 Å². The average molecular weight is 380 g/mol. The van der Waals surface area contributed by atoms with Crippen LogP contribution in [0.2, 0.25) is 0 Å². The molecule has 1 saturated heterocycles. The van der Waals surface area contributed by atoms with Crippen molar-refractivity contribution in [2.24, 2.45) is 11.8 Å². The zero-order valence-electron chi connectivity index (χ0n) is 16.9. The highest BCUT2D eigenvalue weighted by atomic mass is 16.2. The Labute approximate surface area is 166 Å². The number of piperidine rings is 1. The Morgan fingerprint density at radius 1 is 1.21 bits per heavy atom. The van der Waals surface area contributed by atoms with Crippen molar-refractivity contribution in [3.8, 4) is 11.1 Å². The van der Waals surface area contributed by atoms with Crippen molar-refractivity contribution in [2.45, 2.75) is 52.0 Å². The molecule has 1 saturated carbocycles. The van der Waals surface area contributed by atoms with E-state index in [0.29, 0.717) is 11.8 Å². The molecule has 0 spiro atoms. The van der Waals surface area contributed by atoms with E-state index in [0.717, 1.165) is 55.1 Å². The fraction of sp³-hybridized carbons (Fsp3) is 0.545. The van der Waals surface area contributed by atoms with Crippen molar-refractivity contribution in [1.82, 2.24) is 20.3 Å². The molecule has 28 heavy (non-hydrogen) atoms. The summed E-state index contributed by atoms with van der Waals surface area (Å²) in [6.45, 7) is 8.22. The Bertz CT molecular complexity index is 830. The number of nitrogens with zero attached hydrogens (tertiary/aromatic N) is 4. The predicted molar refractivity (Wildman–Crippen MR) is 110 cm³/mol. The molecule has 148 valence electrons. The molecular formula is C22H29N5O. The number of carbonyl (C=O) groups is 1. The summed E-state index contributed by atoms with van der Waals surface area (Å²) in [6.07, 6.45) is 8.47. The summed E-state index contributed by atoms with van der Waals surface area (Å²) < 4.78 is 0. The highest BCUT2D eigenvalue weighted by Gasteiger charge is 2.40. The van der Waals surface area contributed by atoms with Crippen LogP contribution in [0, 0.1) is 11.8 Å². The highest BCUT2D eigenvalue weighted by Crippen LogP contribution is 2.38. The van der Waals surface area contributed by atoms with Gasteiger partial charge in [-0.2, -0.15) is 0 Å². The third-order valence-corrected chi connectivity index (χ3v) is 5.91. The second-order valence-corrected chi connectivity index (χ2v) is 8.45. The van der Waals surface area contributed by atoms with E-state index in [4.69, 9.17) is 4.98 Å². The molecule has 1 N–H and O–H groups in total. The van der Waals surface area contributed by atoms with Gasteiger partial charge < -0.3 is 10.2 Å². The summed E-state index contributed by atoms with van der Waals surface area (Å²) >= 11 is 0. The van der Waals surface area contributed by atoms with Gasteiger partial charge >= 0.3 is 0 Å². The van der Waals surface area contributed by atoms with Crippen molar-refractivity contribution in [3.05, 3.63) is 36.4 Å². The topological polar surface area (TPSA) is 71.0 Å². The lowest BCUT2D eigenvalue weighted by molar-refractivity contribution is -0.123. The molecule has 0 bridgehead atoms. The molecule has 2 atom stereocenters. The van der Waals surface area contributed by atoms with Crippen LogP contribution < -0.4 is 10.2 Å². The quantitative estimate of drug-likeness (QED) is 0.862. The first-order chi connectivity index (χ1) is 13.5. The first-order valence-corrected chi connectivity index (χ1v) is 10.4. The number of carbonyl (C=O) groups excluding carboxylic acids is 1. The molecular weight excluding hydrogens is 350 g/mol. The molecule has 6 heteroatoms. The number of hydrogen-bond acceptors (Lipinski definition) is 5. The molecule has 3 heterocycles. The number of amides is 1. The van der Waals surface area contributed by atoms with Gasteiger partial charge in [0.1, 0.15) is 0 Å². The van der Waals surface area contributed by atoms with E-state index in [2.05, 4.69) is 41.0 Å². The molecule has 2 aromatic rings. The maximum atomic E-state index is 12.2. The lowest BCUT2D eigenvalue weighted by atomic mass is 10.00. The molecule has 2 fully saturated rings. The number of aromatic nitrogens is 3. The minimum atomic E-state index is 0.242. The zero-order valence-corrected chi connectivity index (χ0v) is 16.9. The van der Waals surface area contributed by atoms with Crippen molar-refractivity contribution in [2.75, 3.05) is 18.0 Å². The second-order valence-electron chi connectivity index (χ2n) is 8.45. The van der Waals surface area contributed by atoms with Gasteiger partial charge in [-0.1, -0.05) is 20.8 Å². The summed E-state index contributed by atoms with van der Waals surface area (Å²) in [4.78, 5) is 28.1. The van der Waals surface area contributed by atoms with Crippen LogP contribution >= 0.6 is 0 Å². The molecule has 0 unspecified atom stereocenters. The Balaban J connectivity index is 1.43. The summed E-state index contributed by atoms with van der Waals surface area (Å²) in [5.74, 6) is 2.15. The van der Waals surface area contributed by atoms with Crippen molar-refractivity contribution in [1.29, 1.82) is 0 Å². The Kier molecular flexibility index (Phi) is 5.29. The standard InChI is InChI=1S/C22H29N5O/c1-14(2)20-19(16-4-8-23-9-5-16)13-24-22(26-20)27-10-6-17(7-11-27)25-21(28)18-12-15(18)3/h4-5,8-9,13-15,17-18H,6-7,10-12H2,1-3H3,(H,25,28)/t15-,18-/m1/s1. The van der Waals surface area contributed by atoms with Gasteiger partial charge in [-0.15, -0.1) is 0 Å². The molecule has 1 aliphatic heterocycles. The van der Waals surface area contributed by atoms with E-state index < -0.39 is 0 Å². The fourth-order valence-electron chi connectivity index (χ4n) is 3.95. The molecule has 2 aliphatic rings. The smallest absolute Gasteiger partial charge is 0.225 e. The van der Waals surface area contributed by atoms with Gasteiger partial charge in [-0.25, -0.2) is 9.97 Å². The largest absolute Gasteiger partial charge is 0.353 e. The maximum absolute atomic E-state index is 12.2. The normalized spacial score (nSPS) is 22.4. The number of rotatable bonds is 5. The lowest BCUT2D eigenvalue weighted by Gasteiger charge is -2.33. The van der Waals surface area contributed by atoms with Crippen molar-refractivity contribution >= 4 is 11.9 Å². The molecule has 2 aromatic heterocycles. The van der Waals surface area contributed by atoms with Gasteiger partial charge in [0.2, 0.25) is 11.9 Å². The summed E-state index contributed by atoms with van der Waals surface area (Å²) in [5.41, 5.74) is 3.23. The Morgan fingerprint density at radius 2 is 1.89 bits per heavy atom. The molecule has 4 rings (SSSR count). The summed E-state index contributed by atoms with van der Waals surface area (Å²) in [5, 5.41) is 3.23. The molecule has 1 amide bonds. The van der Waals surface area contributed by atoms with Crippen LogP contribution in [0.3, 0.4) is 0 Å². The molecule has 0 aromatic carbocycles. The van der Waals surface area contributed by atoms with E-state index >= 15 is 0 Å². The Hall–Kier alpha value is -2.50. The van der Waals surface area contributed by atoms with E-state index in [1.54, 1.807) is 12.4 Å². The second kappa shape index (κ2) is 7.86. The molecule has 6 nitrogen and oxygen atoms in total. The summed E-state index contributed by atoms with van der Waals surface area (Å²) in [6, 6.07) is 4.27. The van der Waals surface area contributed by atoms with Crippen LogP contribution in [0.5, 0.6) is 0 Å². The average Bonchev–Trinajstić information content (AvgIpc) is 3.45. The SMILES string of the molecule is CC(C)c1nc(N2CCC(NC(=O)[C@@H]3C[C@H]3C)CC2)ncc1-c1ccncc1. The van der Waals surface area contributed by atoms with Crippen LogP contribution in [0.1, 0.15) is 51.6 Å². The van der Waals surface area contributed by atoms with Crippen molar-refractivity contribution in [3.63, 3.8) is 0 Å². The van der Waals surface area contributed by atoms with Gasteiger partial charge in [-0.3, -0.25) is 9.78 Å². The monoisotopic (exact) mass is 379 g/mol. The Morgan fingerprint density at radius 3 is 2.50 bits per heavy atom. The van der Waals surface area contributed by atoms with Crippen LogP contribution in [0.25, 0.3) is 11.1 Å². The molecule has 0 radical (unpaired) electrons. The minimum absolute atomic E-state index is 0.242. The molecule has 1 aliphatic carbocycles. The van der Waals surface area contributed by atoms with Crippen molar-refractivity contribution < 1.29 is 4.79 Å². The first-order valence-electron chi connectivity index (χ1n) is 10.4. The highest BCUT2D eigenvalue weighted by molar-refractivity contribution is 5.81. The van der Waals surface area contributed by atoms with Gasteiger partial charge in [-0.05, 0) is 48.8 Å². The van der Waals surface area contributed by atoms with E-state index in [1.807, 2.05) is 18.3 Å². The number of pyridine rings is 1. The predicted octanol–water partition coefficient (Wildman–Crippen LogP) is 3.40. The van der Waals surface area contributed by atoms with Crippen LogP contribution in [0.15, 0.2) is 30.7 Å². The van der Waals surface area contributed by atoms with Gasteiger partial charge in [0.25, 0.3) is 0 Å². The maximum Gasteiger partial charge on any atom is 0.225 e. The van der Waals surface area contributed by atoms with Crippen LogP contribution in [0.4, 0.5) is 5.95 Å². The van der Waals surface area contributed by atoms with Crippen LogP contribution in [-0.2, 0) is 4.79 Å². The fourth-order valence-corrected chi connectivity index (χ4v) is 3.95. The zero-order chi connectivity index (χ0) is 19.7. The van der Waals surface area contributed by atoms with E-state index in [1.165, 1.54) is 0 Å². The van der Waals surface area contributed by atoms with E-state index in [9.17, 15) is 4.79 Å². The third-order valence-electron chi connectivity index (χ3n) is 5.91. The number of nitrogens with one attached hydrogen (secondary N) is 1. The first kappa shape index (κ1) is 18.8. The minimum Gasteiger partial charge on any atom is -0.353 e.